The Labute approximate surface area is 240 Å². The SMILES string of the molecule is Cc1ccc(S(=O)(=O)N(C)CC(=O)N(Cc2cccc(Br)c2)[C@H](Cc2ccccc2)C(=O)NCC(C)C)cc1. The van der Waals surface area contributed by atoms with Gasteiger partial charge in [0.1, 0.15) is 6.04 Å². The first-order chi connectivity index (χ1) is 18.5. The van der Waals surface area contributed by atoms with Gasteiger partial charge in [0, 0.05) is 31.0 Å². The van der Waals surface area contributed by atoms with Crippen molar-refractivity contribution in [1.82, 2.24) is 14.5 Å². The zero-order chi connectivity index (χ0) is 28.6. The Bertz CT molecular complexity index is 1360. The smallest absolute Gasteiger partial charge is 0.243 e. The maximum atomic E-state index is 13.9. The van der Waals surface area contributed by atoms with E-state index in [0.717, 1.165) is 25.5 Å². The number of nitrogens with zero attached hydrogens (tertiary/aromatic N) is 2. The molecule has 0 saturated carbocycles. The third-order valence-corrected chi connectivity index (χ3v) is 8.60. The number of sulfonamides is 1. The van der Waals surface area contributed by atoms with Gasteiger partial charge in [0.05, 0.1) is 11.4 Å². The number of hydrogen-bond acceptors (Lipinski definition) is 4. The Morgan fingerprint density at radius 1 is 0.923 bits per heavy atom. The quantitative estimate of drug-likeness (QED) is 0.318. The van der Waals surface area contributed by atoms with Gasteiger partial charge in [-0.1, -0.05) is 89.9 Å². The van der Waals surface area contributed by atoms with Crippen LogP contribution in [0, 0.1) is 12.8 Å². The monoisotopic (exact) mass is 613 g/mol. The molecule has 3 aromatic rings. The number of rotatable bonds is 12. The lowest BCUT2D eigenvalue weighted by Gasteiger charge is -2.33. The van der Waals surface area contributed by atoms with Crippen LogP contribution in [0.4, 0.5) is 0 Å². The Hall–Kier alpha value is -3.01. The minimum absolute atomic E-state index is 0.109. The summed E-state index contributed by atoms with van der Waals surface area (Å²) >= 11 is 3.48. The Kier molecular flexibility index (Phi) is 10.9. The molecule has 208 valence electrons. The second-order valence-electron chi connectivity index (χ2n) is 10.1. The fraction of sp³-hybridized carbons (Fsp3) is 0.333. The summed E-state index contributed by atoms with van der Waals surface area (Å²) in [4.78, 5) is 29.0. The molecular weight excluding hydrogens is 578 g/mol. The molecule has 0 aliphatic heterocycles. The molecule has 0 aromatic heterocycles. The van der Waals surface area contributed by atoms with Crippen LogP contribution in [0.5, 0.6) is 0 Å². The van der Waals surface area contributed by atoms with Crippen LogP contribution in [0.2, 0.25) is 0 Å². The van der Waals surface area contributed by atoms with Gasteiger partial charge in [-0.3, -0.25) is 9.59 Å². The molecule has 1 atom stereocenters. The molecule has 0 fully saturated rings. The highest BCUT2D eigenvalue weighted by molar-refractivity contribution is 9.10. The number of halogens is 1. The Morgan fingerprint density at radius 3 is 2.18 bits per heavy atom. The molecule has 0 spiro atoms. The summed E-state index contributed by atoms with van der Waals surface area (Å²) in [6.07, 6.45) is 0.291. The lowest BCUT2D eigenvalue weighted by Crippen LogP contribution is -2.53. The third-order valence-electron chi connectivity index (χ3n) is 6.28. The molecule has 0 unspecified atom stereocenters. The Balaban J connectivity index is 1.96. The van der Waals surface area contributed by atoms with E-state index in [1.165, 1.54) is 24.1 Å². The minimum Gasteiger partial charge on any atom is -0.354 e. The molecule has 3 aromatic carbocycles. The molecule has 0 aliphatic carbocycles. The van der Waals surface area contributed by atoms with Gasteiger partial charge in [-0.2, -0.15) is 4.31 Å². The summed E-state index contributed by atoms with van der Waals surface area (Å²) in [7, 11) is -2.53. The number of hydrogen-bond donors (Lipinski definition) is 1. The molecule has 9 heteroatoms. The van der Waals surface area contributed by atoms with Crippen molar-refractivity contribution in [2.45, 2.75) is 44.7 Å². The number of carbonyl (C=O) groups is 2. The minimum atomic E-state index is -3.91. The zero-order valence-electron chi connectivity index (χ0n) is 22.8. The molecule has 0 bridgehead atoms. The van der Waals surface area contributed by atoms with Gasteiger partial charge in [0.15, 0.2) is 0 Å². The van der Waals surface area contributed by atoms with Crippen LogP contribution in [0.1, 0.15) is 30.5 Å². The summed E-state index contributed by atoms with van der Waals surface area (Å²) in [5, 5.41) is 2.98. The molecule has 0 saturated heterocycles. The average molecular weight is 615 g/mol. The highest BCUT2D eigenvalue weighted by Crippen LogP contribution is 2.20. The van der Waals surface area contributed by atoms with E-state index in [1.807, 2.05) is 75.4 Å². The van der Waals surface area contributed by atoms with Crippen LogP contribution >= 0.6 is 15.9 Å². The summed E-state index contributed by atoms with van der Waals surface area (Å²) in [5.74, 6) is -0.514. The summed E-state index contributed by atoms with van der Waals surface area (Å²) < 4.78 is 28.4. The highest BCUT2D eigenvalue weighted by atomic mass is 79.9. The largest absolute Gasteiger partial charge is 0.354 e. The maximum absolute atomic E-state index is 13.9. The van der Waals surface area contributed by atoms with Crippen LogP contribution in [-0.2, 0) is 32.6 Å². The molecular formula is C30H36BrN3O4S. The van der Waals surface area contributed by atoms with Gasteiger partial charge in [-0.15, -0.1) is 0 Å². The first-order valence-corrected chi connectivity index (χ1v) is 15.1. The van der Waals surface area contributed by atoms with Gasteiger partial charge in [0.25, 0.3) is 0 Å². The van der Waals surface area contributed by atoms with E-state index < -0.39 is 28.5 Å². The predicted octanol–water partition coefficient (Wildman–Crippen LogP) is 4.79. The van der Waals surface area contributed by atoms with Gasteiger partial charge < -0.3 is 10.2 Å². The highest BCUT2D eigenvalue weighted by Gasteiger charge is 2.33. The number of likely N-dealkylation sites (N-methyl/N-ethyl adjacent to an activating group) is 1. The predicted molar refractivity (Wildman–Crippen MR) is 157 cm³/mol. The number of amides is 2. The first kappa shape index (κ1) is 30.5. The van der Waals surface area contributed by atoms with Crippen molar-refractivity contribution >= 4 is 37.8 Å². The van der Waals surface area contributed by atoms with Crippen molar-refractivity contribution in [3.8, 4) is 0 Å². The maximum Gasteiger partial charge on any atom is 0.243 e. The normalized spacial score (nSPS) is 12.4. The fourth-order valence-corrected chi connectivity index (χ4v) is 5.63. The van der Waals surface area contributed by atoms with Gasteiger partial charge in [-0.25, -0.2) is 8.42 Å². The lowest BCUT2D eigenvalue weighted by atomic mass is 10.0. The van der Waals surface area contributed by atoms with E-state index in [9.17, 15) is 18.0 Å². The van der Waals surface area contributed by atoms with Crippen molar-refractivity contribution in [1.29, 1.82) is 0 Å². The number of aryl methyl sites for hydroxylation is 1. The van der Waals surface area contributed by atoms with Crippen LogP contribution < -0.4 is 5.32 Å². The summed E-state index contributed by atoms with van der Waals surface area (Å²) in [5.41, 5.74) is 2.65. The van der Waals surface area contributed by atoms with E-state index >= 15 is 0 Å². The van der Waals surface area contributed by atoms with E-state index in [4.69, 9.17) is 0 Å². The van der Waals surface area contributed by atoms with Crippen molar-refractivity contribution in [2.75, 3.05) is 20.1 Å². The molecule has 0 radical (unpaired) electrons. The molecule has 39 heavy (non-hydrogen) atoms. The topological polar surface area (TPSA) is 86.8 Å². The standard InChI is InChI=1S/C30H36BrN3O4S/c1-22(2)19-32-30(36)28(18-24-9-6-5-7-10-24)34(20-25-11-8-12-26(31)17-25)29(35)21-33(4)39(37,38)27-15-13-23(3)14-16-27/h5-17,22,28H,18-21H2,1-4H3,(H,32,36)/t28-/m1/s1. The number of benzene rings is 3. The third kappa shape index (κ3) is 8.74. The second kappa shape index (κ2) is 13.9. The van der Waals surface area contributed by atoms with Crippen molar-refractivity contribution in [3.63, 3.8) is 0 Å². The van der Waals surface area contributed by atoms with Gasteiger partial charge >= 0.3 is 0 Å². The van der Waals surface area contributed by atoms with Gasteiger partial charge in [0.2, 0.25) is 21.8 Å². The van der Waals surface area contributed by atoms with Crippen molar-refractivity contribution in [3.05, 3.63) is 100 Å². The average Bonchev–Trinajstić information content (AvgIpc) is 2.90. The summed E-state index contributed by atoms with van der Waals surface area (Å²) in [6.45, 7) is 6.07. The van der Waals surface area contributed by atoms with Crippen LogP contribution in [-0.4, -0.2) is 55.6 Å². The first-order valence-electron chi connectivity index (χ1n) is 12.9. The second-order valence-corrected chi connectivity index (χ2v) is 13.0. The van der Waals surface area contributed by atoms with Crippen LogP contribution in [0.25, 0.3) is 0 Å². The van der Waals surface area contributed by atoms with Crippen LogP contribution in [0.15, 0.2) is 88.2 Å². The van der Waals surface area contributed by atoms with Crippen molar-refractivity contribution < 1.29 is 18.0 Å². The van der Waals surface area contributed by atoms with E-state index in [0.29, 0.717) is 13.0 Å². The number of nitrogens with one attached hydrogen (secondary N) is 1. The van der Waals surface area contributed by atoms with Crippen molar-refractivity contribution in [2.24, 2.45) is 5.92 Å². The van der Waals surface area contributed by atoms with E-state index in [1.54, 1.807) is 12.1 Å². The molecule has 3 rings (SSSR count). The molecule has 0 heterocycles. The fourth-order valence-electron chi connectivity index (χ4n) is 4.06. The van der Waals surface area contributed by atoms with Gasteiger partial charge in [-0.05, 0) is 48.2 Å². The Morgan fingerprint density at radius 2 is 1.56 bits per heavy atom. The molecule has 7 nitrogen and oxygen atoms in total. The molecule has 1 N–H and O–H groups in total. The summed E-state index contributed by atoms with van der Waals surface area (Å²) in [6, 6.07) is 22.7. The van der Waals surface area contributed by atoms with E-state index in [2.05, 4.69) is 21.2 Å². The van der Waals surface area contributed by atoms with Crippen LogP contribution in [0.3, 0.4) is 0 Å². The molecule has 2 amide bonds. The molecule has 0 aliphatic rings. The lowest BCUT2D eigenvalue weighted by molar-refractivity contribution is -0.141. The number of carbonyl (C=O) groups excluding carboxylic acids is 2. The van der Waals surface area contributed by atoms with E-state index in [-0.39, 0.29) is 23.3 Å². The zero-order valence-corrected chi connectivity index (χ0v) is 25.2.